The van der Waals surface area contributed by atoms with Crippen molar-refractivity contribution in [2.24, 2.45) is 0 Å². The van der Waals surface area contributed by atoms with Gasteiger partial charge in [0.15, 0.2) is 17.5 Å². The Balaban J connectivity index is 1.29. The standard InChI is InChI=1S/C45H26N4O2/c1-3-13-27(14-4-1)43-46-44(28-15-5-2-6-16-28)48-45(47-43)34-25-29(26-39-40(34)32-18-8-11-21-36(32)51-39)49-35-20-10-7-17-30(35)31-23-24-38-41(42(31)49)33-19-9-12-22-37(33)50-38/h1-26H. The van der Waals surface area contributed by atoms with E-state index in [0.29, 0.717) is 17.5 Å². The van der Waals surface area contributed by atoms with Crippen molar-refractivity contribution in [3.8, 4) is 39.9 Å². The molecule has 0 amide bonds. The van der Waals surface area contributed by atoms with Crippen molar-refractivity contribution in [3.05, 3.63) is 158 Å². The first-order valence-electron chi connectivity index (χ1n) is 16.9. The zero-order valence-electron chi connectivity index (χ0n) is 27.1. The maximum Gasteiger partial charge on any atom is 0.164 e. The number of para-hydroxylation sites is 3. The number of aromatic nitrogens is 4. The zero-order valence-corrected chi connectivity index (χ0v) is 27.1. The van der Waals surface area contributed by atoms with Gasteiger partial charge < -0.3 is 13.4 Å². The van der Waals surface area contributed by atoms with Gasteiger partial charge in [-0.15, -0.1) is 0 Å². The maximum absolute atomic E-state index is 6.65. The van der Waals surface area contributed by atoms with Crippen molar-refractivity contribution in [1.82, 2.24) is 19.5 Å². The second-order valence-corrected chi connectivity index (χ2v) is 12.8. The Hall–Kier alpha value is -7.05. The van der Waals surface area contributed by atoms with Crippen molar-refractivity contribution in [1.29, 1.82) is 0 Å². The second kappa shape index (κ2) is 10.7. The van der Waals surface area contributed by atoms with E-state index in [4.69, 9.17) is 23.8 Å². The number of rotatable bonds is 4. The summed E-state index contributed by atoms with van der Waals surface area (Å²) < 4.78 is 15.4. The third-order valence-corrected chi connectivity index (χ3v) is 9.84. The lowest BCUT2D eigenvalue weighted by molar-refractivity contribution is 0.668. The summed E-state index contributed by atoms with van der Waals surface area (Å²) in [6.07, 6.45) is 0. The van der Waals surface area contributed by atoms with E-state index >= 15 is 0 Å². The lowest BCUT2D eigenvalue weighted by atomic mass is 10.0. The number of fused-ring (bicyclic) bond motifs is 10. The highest BCUT2D eigenvalue weighted by Gasteiger charge is 2.23. The molecule has 4 heterocycles. The van der Waals surface area contributed by atoms with Crippen molar-refractivity contribution in [3.63, 3.8) is 0 Å². The highest BCUT2D eigenvalue weighted by atomic mass is 16.3. The molecule has 6 heteroatoms. The van der Waals surface area contributed by atoms with Crippen LogP contribution in [0.2, 0.25) is 0 Å². The first kappa shape index (κ1) is 27.9. The van der Waals surface area contributed by atoms with E-state index in [9.17, 15) is 0 Å². The molecule has 0 saturated carbocycles. The van der Waals surface area contributed by atoms with Crippen LogP contribution in [0.1, 0.15) is 0 Å². The highest BCUT2D eigenvalue weighted by molar-refractivity contribution is 6.24. The van der Waals surface area contributed by atoms with Gasteiger partial charge in [-0.2, -0.15) is 0 Å². The Labute approximate surface area is 290 Å². The normalized spacial score (nSPS) is 11.9. The van der Waals surface area contributed by atoms with E-state index in [-0.39, 0.29) is 0 Å². The molecule has 11 aromatic rings. The van der Waals surface area contributed by atoms with Crippen LogP contribution in [0.15, 0.2) is 167 Å². The van der Waals surface area contributed by atoms with E-state index < -0.39 is 0 Å². The van der Waals surface area contributed by atoms with Crippen molar-refractivity contribution in [2.45, 2.75) is 0 Å². The summed E-state index contributed by atoms with van der Waals surface area (Å²) in [5.41, 5.74) is 9.04. The van der Waals surface area contributed by atoms with E-state index in [2.05, 4.69) is 71.3 Å². The van der Waals surface area contributed by atoms with E-state index in [1.165, 1.54) is 0 Å². The third-order valence-electron chi connectivity index (χ3n) is 9.84. The minimum Gasteiger partial charge on any atom is -0.456 e. The number of hydrogen-bond acceptors (Lipinski definition) is 5. The summed E-state index contributed by atoms with van der Waals surface area (Å²) in [6.45, 7) is 0. The fraction of sp³-hybridized carbons (Fsp3) is 0. The molecule has 0 saturated heterocycles. The zero-order chi connectivity index (χ0) is 33.5. The van der Waals surface area contributed by atoms with Crippen molar-refractivity contribution >= 4 is 65.7 Å². The Morgan fingerprint density at radius 1 is 0.392 bits per heavy atom. The predicted octanol–water partition coefficient (Wildman–Crippen LogP) is 11.8. The average Bonchev–Trinajstić information content (AvgIpc) is 3.87. The van der Waals surface area contributed by atoms with Crippen LogP contribution in [0.25, 0.3) is 106 Å². The van der Waals surface area contributed by atoms with Gasteiger partial charge >= 0.3 is 0 Å². The molecule has 238 valence electrons. The lowest BCUT2D eigenvalue weighted by Gasteiger charge is -2.13. The van der Waals surface area contributed by atoms with Gasteiger partial charge in [-0.25, -0.2) is 15.0 Å². The Kier molecular flexibility index (Phi) is 5.86. The van der Waals surface area contributed by atoms with Crippen molar-refractivity contribution in [2.75, 3.05) is 0 Å². The maximum atomic E-state index is 6.65. The SMILES string of the molecule is c1ccc(-c2nc(-c3ccccc3)nc(-c3cc(-n4c5ccccc5c5ccc6oc7ccccc7c6c54)cc4oc5ccccc5c34)n2)cc1. The molecule has 0 bridgehead atoms. The molecular weight excluding hydrogens is 629 g/mol. The van der Waals surface area contributed by atoms with Crippen molar-refractivity contribution < 1.29 is 8.83 Å². The molecule has 6 nitrogen and oxygen atoms in total. The van der Waals surface area contributed by atoms with E-state index in [0.717, 1.165) is 88.1 Å². The van der Waals surface area contributed by atoms with E-state index in [1.807, 2.05) is 91.0 Å². The summed E-state index contributed by atoms with van der Waals surface area (Å²) in [4.78, 5) is 15.3. The second-order valence-electron chi connectivity index (χ2n) is 12.8. The van der Waals surface area contributed by atoms with Gasteiger partial charge in [0.1, 0.15) is 22.3 Å². The molecule has 4 aromatic heterocycles. The molecule has 0 aliphatic heterocycles. The molecule has 7 aromatic carbocycles. The van der Waals surface area contributed by atoms with Crippen LogP contribution < -0.4 is 0 Å². The van der Waals surface area contributed by atoms with Crippen LogP contribution >= 0.6 is 0 Å². The minimum atomic E-state index is 0.570. The summed E-state index contributed by atoms with van der Waals surface area (Å²) in [5, 5.41) is 6.41. The van der Waals surface area contributed by atoms with Gasteiger partial charge in [0.25, 0.3) is 0 Å². The quantitative estimate of drug-likeness (QED) is 0.189. The van der Waals surface area contributed by atoms with Crippen LogP contribution in [0.3, 0.4) is 0 Å². The summed E-state index contributed by atoms with van der Waals surface area (Å²) in [6, 6.07) is 53.7. The summed E-state index contributed by atoms with van der Waals surface area (Å²) in [7, 11) is 0. The van der Waals surface area contributed by atoms with Gasteiger partial charge in [-0.1, -0.05) is 115 Å². The van der Waals surface area contributed by atoms with Crippen LogP contribution in [-0.2, 0) is 0 Å². The van der Waals surface area contributed by atoms with Gasteiger partial charge in [0, 0.05) is 49.7 Å². The first-order valence-corrected chi connectivity index (χ1v) is 16.9. The van der Waals surface area contributed by atoms with Gasteiger partial charge in [-0.3, -0.25) is 0 Å². The molecular formula is C45H26N4O2. The number of benzene rings is 7. The molecule has 0 radical (unpaired) electrons. The number of furan rings is 2. The molecule has 0 unspecified atom stereocenters. The predicted molar refractivity (Wildman–Crippen MR) is 205 cm³/mol. The van der Waals surface area contributed by atoms with Gasteiger partial charge in [-0.05, 0) is 36.4 Å². The van der Waals surface area contributed by atoms with Gasteiger partial charge in [0.05, 0.1) is 22.1 Å². The summed E-state index contributed by atoms with van der Waals surface area (Å²) in [5.74, 6) is 1.78. The Bertz CT molecular complexity index is 3080. The van der Waals surface area contributed by atoms with Gasteiger partial charge in [0.2, 0.25) is 0 Å². The molecule has 0 aliphatic rings. The Morgan fingerprint density at radius 3 is 1.63 bits per heavy atom. The molecule has 0 spiro atoms. The largest absolute Gasteiger partial charge is 0.456 e. The Morgan fingerprint density at radius 2 is 0.941 bits per heavy atom. The molecule has 0 atom stereocenters. The van der Waals surface area contributed by atoms with Crippen LogP contribution in [0.4, 0.5) is 0 Å². The molecule has 0 fully saturated rings. The summed E-state index contributed by atoms with van der Waals surface area (Å²) >= 11 is 0. The molecule has 0 aliphatic carbocycles. The fourth-order valence-corrected chi connectivity index (χ4v) is 7.61. The van der Waals surface area contributed by atoms with E-state index in [1.54, 1.807) is 0 Å². The molecule has 0 N–H and O–H groups in total. The average molecular weight is 655 g/mol. The van der Waals surface area contributed by atoms with Crippen LogP contribution in [0.5, 0.6) is 0 Å². The third kappa shape index (κ3) is 4.20. The number of hydrogen-bond donors (Lipinski definition) is 0. The van der Waals surface area contributed by atoms with Crippen LogP contribution in [-0.4, -0.2) is 19.5 Å². The van der Waals surface area contributed by atoms with Crippen LogP contribution in [0, 0.1) is 0 Å². The first-order chi connectivity index (χ1) is 25.3. The topological polar surface area (TPSA) is 69.9 Å². The monoisotopic (exact) mass is 654 g/mol. The minimum absolute atomic E-state index is 0.570. The molecule has 51 heavy (non-hydrogen) atoms. The smallest absolute Gasteiger partial charge is 0.164 e. The lowest BCUT2D eigenvalue weighted by Crippen LogP contribution is -2.01. The highest BCUT2D eigenvalue weighted by Crippen LogP contribution is 2.43. The molecule has 11 rings (SSSR count). The fourth-order valence-electron chi connectivity index (χ4n) is 7.61. The number of nitrogens with zero attached hydrogens (tertiary/aromatic N) is 4.